The lowest BCUT2D eigenvalue weighted by Gasteiger charge is -2.38. The van der Waals surface area contributed by atoms with Gasteiger partial charge in [-0.2, -0.15) is 5.10 Å². The Bertz CT molecular complexity index is 1080. The number of benzene rings is 2. The van der Waals surface area contributed by atoms with Gasteiger partial charge < -0.3 is 5.32 Å². The lowest BCUT2D eigenvalue weighted by molar-refractivity contribution is 0.0944. The first kappa shape index (κ1) is 22.3. The highest BCUT2D eigenvalue weighted by Crippen LogP contribution is 2.43. The normalized spacial score (nSPS) is 17.5. The standard InChI is InChI=1S/C28H35N3O/c1-6-28(7-2,22-16-12-9-13-17-22)19-24(32)25-20(3)30-31-26(25)29-23(18-27(31,4)5)21-14-10-8-11-15-21/h8-17,23,29H,6-7,18-19H2,1-5H3/t23-/m1/s1. The van der Waals surface area contributed by atoms with Gasteiger partial charge in [0.05, 0.1) is 22.8 Å². The Morgan fingerprint density at radius 2 is 1.66 bits per heavy atom. The zero-order chi connectivity index (χ0) is 22.9. The highest BCUT2D eigenvalue weighted by atomic mass is 16.1. The molecule has 1 aliphatic rings. The molecule has 2 heterocycles. The number of carbonyl (C=O) groups is 1. The first-order chi connectivity index (χ1) is 15.3. The molecule has 0 saturated carbocycles. The molecule has 168 valence electrons. The second kappa shape index (κ2) is 8.57. The Balaban J connectivity index is 1.73. The van der Waals surface area contributed by atoms with Crippen molar-refractivity contribution in [3.05, 3.63) is 83.0 Å². The van der Waals surface area contributed by atoms with E-state index >= 15 is 0 Å². The first-order valence-corrected chi connectivity index (χ1v) is 11.8. The smallest absolute Gasteiger partial charge is 0.169 e. The van der Waals surface area contributed by atoms with Crippen molar-refractivity contribution in [1.82, 2.24) is 9.78 Å². The van der Waals surface area contributed by atoms with Gasteiger partial charge in [0.1, 0.15) is 5.82 Å². The summed E-state index contributed by atoms with van der Waals surface area (Å²) in [6, 6.07) is 21.1. The van der Waals surface area contributed by atoms with Gasteiger partial charge in [-0.05, 0) is 51.2 Å². The summed E-state index contributed by atoms with van der Waals surface area (Å²) in [7, 11) is 0. The summed E-state index contributed by atoms with van der Waals surface area (Å²) in [5.41, 5.74) is 3.70. The summed E-state index contributed by atoms with van der Waals surface area (Å²) in [6.45, 7) is 10.8. The quantitative estimate of drug-likeness (QED) is 0.419. The van der Waals surface area contributed by atoms with Crippen molar-refractivity contribution in [3.8, 4) is 0 Å². The molecule has 0 aliphatic carbocycles. The van der Waals surface area contributed by atoms with Crippen molar-refractivity contribution < 1.29 is 4.79 Å². The Kier molecular flexibility index (Phi) is 5.98. The molecule has 4 heteroatoms. The first-order valence-electron chi connectivity index (χ1n) is 11.8. The Hall–Kier alpha value is -2.88. The van der Waals surface area contributed by atoms with Crippen LogP contribution in [0.5, 0.6) is 0 Å². The highest BCUT2D eigenvalue weighted by Gasteiger charge is 2.39. The average Bonchev–Trinajstić information content (AvgIpc) is 3.15. The van der Waals surface area contributed by atoms with Gasteiger partial charge in [0, 0.05) is 11.8 Å². The number of aryl methyl sites for hydroxylation is 1. The lowest BCUT2D eigenvalue weighted by Crippen LogP contribution is -2.38. The Labute approximate surface area is 192 Å². The topological polar surface area (TPSA) is 46.9 Å². The number of hydrogen-bond acceptors (Lipinski definition) is 3. The van der Waals surface area contributed by atoms with E-state index in [0.717, 1.165) is 36.3 Å². The van der Waals surface area contributed by atoms with Crippen molar-refractivity contribution in [3.63, 3.8) is 0 Å². The maximum atomic E-state index is 13.9. The molecular formula is C28H35N3O. The van der Waals surface area contributed by atoms with E-state index in [2.05, 4.69) is 81.5 Å². The van der Waals surface area contributed by atoms with Gasteiger partial charge in [0.2, 0.25) is 0 Å². The van der Waals surface area contributed by atoms with Crippen LogP contribution in [-0.4, -0.2) is 15.6 Å². The maximum absolute atomic E-state index is 13.9. The summed E-state index contributed by atoms with van der Waals surface area (Å²) < 4.78 is 2.04. The molecule has 4 nitrogen and oxygen atoms in total. The number of hydrogen-bond donors (Lipinski definition) is 1. The third-order valence-electron chi connectivity index (χ3n) is 7.37. The Morgan fingerprint density at radius 1 is 1.06 bits per heavy atom. The number of fused-ring (bicyclic) bond motifs is 1. The minimum Gasteiger partial charge on any atom is -0.363 e. The molecule has 4 rings (SSSR count). The number of carbonyl (C=O) groups excluding carboxylic acids is 1. The van der Waals surface area contributed by atoms with E-state index in [1.165, 1.54) is 11.1 Å². The molecule has 0 spiro atoms. The molecule has 1 atom stereocenters. The molecule has 3 aromatic rings. The molecule has 0 radical (unpaired) electrons. The third kappa shape index (κ3) is 3.87. The average molecular weight is 430 g/mol. The van der Waals surface area contributed by atoms with E-state index in [1.807, 2.05) is 23.7 Å². The van der Waals surface area contributed by atoms with Crippen molar-refractivity contribution in [1.29, 1.82) is 0 Å². The number of rotatable bonds is 7. The van der Waals surface area contributed by atoms with Crippen LogP contribution in [0.25, 0.3) is 0 Å². The van der Waals surface area contributed by atoms with E-state index in [1.54, 1.807) is 0 Å². The molecule has 0 unspecified atom stereocenters. The van der Waals surface area contributed by atoms with Crippen molar-refractivity contribution >= 4 is 11.6 Å². The minimum atomic E-state index is -0.184. The van der Waals surface area contributed by atoms with Crippen LogP contribution in [0.3, 0.4) is 0 Å². The van der Waals surface area contributed by atoms with Crippen LogP contribution < -0.4 is 5.32 Å². The molecule has 1 aliphatic heterocycles. The molecular weight excluding hydrogens is 394 g/mol. The second-order valence-corrected chi connectivity index (χ2v) is 9.80. The number of ketones is 1. The predicted molar refractivity (Wildman–Crippen MR) is 131 cm³/mol. The summed E-state index contributed by atoms with van der Waals surface area (Å²) in [6.07, 6.45) is 3.25. The van der Waals surface area contributed by atoms with Gasteiger partial charge in [-0.1, -0.05) is 74.5 Å². The molecule has 1 N–H and O–H groups in total. The van der Waals surface area contributed by atoms with Crippen LogP contribution >= 0.6 is 0 Å². The van der Waals surface area contributed by atoms with Crippen LogP contribution in [-0.2, 0) is 11.0 Å². The SMILES string of the molecule is CCC(CC)(CC(=O)c1c(C)nn2c1N[C@@H](c1ccccc1)CC2(C)C)c1ccccc1. The number of anilines is 1. The van der Waals surface area contributed by atoms with Crippen LogP contribution in [0, 0.1) is 6.92 Å². The van der Waals surface area contributed by atoms with Gasteiger partial charge >= 0.3 is 0 Å². The zero-order valence-corrected chi connectivity index (χ0v) is 20.0. The number of aromatic nitrogens is 2. The van der Waals surface area contributed by atoms with Gasteiger partial charge in [-0.3, -0.25) is 4.79 Å². The summed E-state index contributed by atoms with van der Waals surface area (Å²) >= 11 is 0. The molecule has 0 amide bonds. The monoisotopic (exact) mass is 429 g/mol. The number of nitrogens with zero attached hydrogens (tertiary/aromatic N) is 2. The highest BCUT2D eigenvalue weighted by molar-refractivity contribution is 6.02. The summed E-state index contributed by atoms with van der Waals surface area (Å²) in [4.78, 5) is 13.9. The largest absolute Gasteiger partial charge is 0.363 e. The van der Waals surface area contributed by atoms with E-state index < -0.39 is 0 Å². The van der Waals surface area contributed by atoms with Gasteiger partial charge in [0.15, 0.2) is 5.78 Å². The van der Waals surface area contributed by atoms with Crippen molar-refractivity contribution in [2.45, 2.75) is 77.3 Å². The lowest BCUT2D eigenvalue weighted by atomic mass is 9.71. The molecule has 1 aromatic heterocycles. The Morgan fingerprint density at radius 3 is 2.25 bits per heavy atom. The van der Waals surface area contributed by atoms with Crippen LogP contribution in [0.1, 0.15) is 86.6 Å². The molecule has 0 bridgehead atoms. The fourth-order valence-electron chi connectivity index (χ4n) is 5.32. The van der Waals surface area contributed by atoms with E-state index in [4.69, 9.17) is 5.10 Å². The van der Waals surface area contributed by atoms with E-state index in [9.17, 15) is 4.79 Å². The van der Waals surface area contributed by atoms with E-state index in [0.29, 0.717) is 6.42 Å². The van der Waals surface area contributed by atoms with Gasteiger partial charge in [0.25, 0.3) is 0 Å². The van der Waals surface area contributed by atoms with Crippen molar-refractivity contribution in [2.24, 2.45) is 0 Å². The molecule has 2 aromatic carbocycles. The maximum Gasteiger partial charge on any atom is 0.169 e. The number of Topliss-reactive ketones (excluding diaryl/α,β-unsaturated/α-hetero) is 1. The second-order valence-electron chi connectivity index (χ2n) is 9.80. The fraction of sp³-hybridized carbons (Fsp3) is 0.429. The van der Waals surface area contributed by atoms with Crippen LogP contribution in [0.2, 0.25) is 0 Å². The van der Waals surface area contributed by atoms with Crippen molar-refractivity contribution in [2.75, 3.05) is 5.32 Å². The predicted octanol–water partition coefficient (Wildman–Crippen LogP) is 6.81. The minimum absolute atomic E-state index is 0.151. The number of nitrogens with one attached hydrogen (secondary N) is 1. The summed E-state index contributed by atoms with van der Waals surface area (Å²) in [5.74, 6) is 1.04. The van der Waals surface area contributed by atoms with E-state index in [-0.39, 0.29) is 22.8 Å². The van der Waals surface area contributed by atoms with Crippen LogP contribution in [0.15, 0.2) is 60.7 Å². The fourth-order valence-corrected chi connectivity index (χ4v) is 5.32. The van der Waals surface area contributed by atoms with Gasteiger partial charge in [-0.25, -0.2) is 4.68 Å². The van der Waals surface area contributed by atoms with Gasteiger partial charge in [-0.15, -0.1) is 0 Å². The summed E-state index contributed by atoms with van der Waals surface area (Å²) in [5, 5.41) is 8.52. The third-order valence-corrected chi connectivity index (χ3v) is 7.37. The zero-order valence-electron chi connectivity index (χ0n) is 20.0. The molecule has 0 saturated heterocycles. The van der Waals surface area contributed by atoms with Crippen LogP contribution in [0.4, 0.5) is 5.82 Å². The molecule has 32 heavy (non-hydrogen) atoms. The molecule has 0 fully saturated rings.